The molecule has 0 saturated carbocycles. The molecule has 0 saturated heterocycles. The topological polar surface area (TPSA) is 0 Å². The van der Waals surface area contributed by atoms with Crippen LogP contribution in [-0.4, -0.2) is 16.1 Å². The van der Waals surface area contributed by atoms with E-state index in [2.05, 4.69) is 191 Å². The summed E-state index contributed by atoms with van der Waals surface area (Å²) >= 11 is 0. The molecule has 0 heterocycles. The van der Waals surface area contributed by atoms with Crippen molar-refractivity contribution in [3.8, 4) is 45.2 Å². The van der Waals surface area contributed by atoms with Crippen molar-refractivity contribution >= 4 is 48.8 Å². The highest BCUT2D eigenvalue weighted by Crippen LogP contribution is 2.44. The maximum absolute atomic E-state index is 4.12. The van der Waals surface area contributed by atoms with Crippen molar-refractivity contribution in [2.75, 3.05) is 0 Å². The van der Waals surface area contributed by atoms with Crippen molar-refractivity contribution in [2.24, 2.45) is 0 Å². The first-order chi connectivity index (χ1) is 24.7. The monoisotopic (exact) mass is 712 g/mol. The van der Waals surface area contributed by atoms with Gasteiger partial charge in [-0.05, 0) is 135 Å². The largest absolute Gasteiger partial charge is 0.146 e. The van der Waals surface area contributed by atoms with Crippen LogP contribution in [0, 0.1) is 22.9 Å². The van der Waals surface area contributed by atoms with Crippen molar-refractivity contribution in [3.05, 3.63) is 106 Å². The molecule has 0 amide bonds. The van der Waals surface area contributed by atoms with Crippen LogP contribution in [0.1, 0.15) is 94.2 Å². The number of fused-ring (bicyclic) bond motifs is 8. The summed E-state index contributed by atoms with van der Waals surface area (Å²) < 4.78 is 0. The van der Waals surface area contributed by atoms with Gasteiger partial charge >= 0.3 is 0 Å². The Balaban J connectivity index is 1.61. The lowest BCUT2D eigenvalue weighted by Crippen LogP contribution is -2.43. The van der Waals surface area contributed by atoms with Gasteiger partial charge in [-0.1, -0.05) is 143 Å². The number of rotatable bonds is 6. The summed E-state index contributed by atoms with van der Waals surface area (Å²) in [5.41, 5.74) is 21.8. The minimum Gasteiger partial charge on any atom is -0.125 e. The standard InChI is InChI=1S/C50H56Si2/c1-31(2)51(32(3)4,33(5)6)23-21-41-43-25-37-17-13-15-19-39(37)27-45(43)49-30-48-42(22-24-52(34(7)8,35(9)10)36(11)12)44-26-38-18-14-16-20-40(38)28-46(44)50(48)29-47(41)49/h13-20,25-36H,1-12H3. The van der Waals surface area contributed by atoms with E-state index < -0.39 is 16.1 Å². The van der Waals surface area contributed by atoms with Crippen LogP contribution >= 0.6 is 0 Å². The third kappa shape index (κ3) is 5.49. The van der Waals surface area contributed by atoms with Gasteiger partial charge in [0.2, 0.25) is 0 Å². The third-order valence-corrected chi connectivity index (χ3v) is 25.7. The summed E-state index contributed by atoms with van der Waals surface area (Å²) in [6.07, 6.45) is 0. The van der Waals surface area contributed by atoms with E-state index in [1.165, 1.54) is 76.5 Å². The quantitative estimate of drug-likeness (QED) is 0.121. The highest BCUT2D eigenvalue weighted by atomic mass is 28.3. The molecular formula is C50H56Si2. The Morgan fingerprint density at radius 2 is 0.615 bits per heavy atom. The van der Waals surface area contributed by atoms with E-state index in [0.717, 1.165) is 0 Å². The lowest BCUT2D eigenvalue weighted by Gasteiger charge is -2.38. The van der Waals surface area contributed by atoms with Gasteiger partial charge in [0.25, 0.3) is 0 Å². The molecule has 0 fully saturated rings. The van der Waals surface area contributed by atoms with Crippen LogP contribution < -0.4 is 10.4 Å². The van der Waals surface area contributed by atoms with Gasteiger partial charge < -0.3 is 0 Å². The van der Waals surface area contributed by atoms with E-state index in [1.807, 2.05) is 0 Å². The maximum atomic E-state index is 4.12. The first-order valence-corrected chi connectivity index (χ1v) is 24.2. The van der Waals surface area contributed by atoms with Gasteiger partial charge in [-0.3, -0.25) is 0 Å². The average molecular weight is 713 g/mol. The van der Waals surface area contributed by atoms with Crippen LogP contribution in [0.5, 0.6) is 0 Å². The Kier molecular flexibility index (Phi) is 9.35. The van der Waals surface area contributed by atoms with Crippen LogP contribution in [0.2, 0.25) is 33.2 Å². The van der Waals surface area contributed by atoms with Crippen molar-refractivity contribution in [3.63, 3.8) is 0 Å². The molecule has 5 aromatic carbocycles. The summed E-state index contributed by atoms with van der Waals surface area (Å²) in [5, 5.41) is 7.65. The van der Waals surface area contributed by atoms with Crippen molar-refractivity contribution in [2.45, 2.75) is 116 Å². The minimum atomic E-state index is -1.97. The number of benzene rings is 5. The normalized spacial score (nSPS) is 13.7. The van der Waals surface area contributed by atoms with Gasteiger partial charge in [0.15, 0.2) is 0 Å². The zero-order chi connectivity index (χ0) is 37.3. The average Bonchev–Trinajstić information content (AvgIpc) is 3.55. The molecule has 5 aromatic rings. The Morgan fingerprint density at radius 1 is 0.346 bits per heavy atom. The molecule has 0 N–H and O–H groups in total. The second-order valence-corrected chi connectivity index (χ2v) is 28.6. The molecular weight excluding hydrogens is 657 g/mol. The first-order valence-electron chi connectivity index (χ1n) is 19.8. The summed E-state index contributed by atoms with van der Waals surface area (Å²) in [6, 6.07) is 32.2. The predicted molar refractivity (Wildman–Crippen MR) is 234 cm³/mol. The third-order valence-electron chi connectivity index (χ3n) is 13.1. The zero-order valence-corrected chi connectivity index (χ0v) is 35.5. The molecule has 0 nitrogen and oxygen atoms in total. The Bertz CT molecular complexity index is 2280. The van der Waals surface area contributed by atoms with Crippen LogP contribution in [0.15, 0.2) is 84.9 Å². The molecule has 0 aliphatic heterocycles. The summed E-state index contributed by atoms with van der Waals surface area (Å²) in [5.74, 6) is 7.96. The summed E-state index contributed by atoms with van der Waals surface area (Å²) in [7, 11) is -3.94. The highest BCUT2D eigenvalue weighted by Gasteiger charge is 2.43. The molecule has 0 unspecified atom stereocenters. The van der Waals surface area contributed by atoms with Crippen LogP contribution in [0.4, 0.5) is 0 Å². The van der Waals surface area contributed by atoms with E-state index in [0.29, 0.717) is 33.2 Å². The van der Waals surface area contributed by atoms with Gasteiger partial charge in [-0.15, -0.1) is 11.1 Å². The zero-order valence-electron chi connectivity index (χ0n) is 33.5. The molecule has 0 atom stereocenters. The van der Waals surface area contributed by atoms with Gasteiger partial charge in [0, 0.05) is 11.1 Å². The fraction of sp³-hybridized carbons (Fsp3) is 0.360. The van der Waals surface area contributed by atoms with E-state index in [9.17, 15) is 0 Å². The Morgan fingerprint density at radius 3 is 0.885 bits per heavy atom. The number of hydrogen-bond acceptors (Lipinski definition) is 0. The molecule has 0 radical (unpaired) electrons. The number of hydrogen-bond donors (Lipinski definition) is 0. The van der Waals surface area contributed by atoms with Gasteiger partial charge in [0.05, 0.1) is 0 Å². The van der Waals surface area contributed by atoms with E-state index in [1.54, 1.807) is 0 Å². The molecule has 7 rings (SSSR count). The Labute approximate surface area is 315 Å². The van der Waals surface area contributed by atoms with Gasteiger partial charge in [-0.2, -0.15) is 0 Å². The van der Waals surface area contributed by atoms with Gasteiger partial charge in [-0.25, -0.2) is 0 Å². The highest BCUT2D eigenvalue weighted by molar-refractivity contribution is 6.91. The molecule has 52 heavy (non-hydrogen) atoms. The van der Waals surface area contributed by atoms with Crippen molar-refractivity contribution in [1.29, 1.82) is 0 Å². The molecule has 264 valence electrons. The van der Waals surface area contributed by atoms with Crippen LogP contribution in [0.3, 0.4) is 0 Å². The SMILES string of the molecule is CC(C)[Si](C#CC1=c2cc3c(cc2-c2cc4ccccc4cc21)=C(C#C[Si](C(C)C)(C(C)C)C(C)C)c1cc2ccccc2cc1-3)(C(C)C)C(C)C. The van der Waals surface area contributed by atoms with Crippen LogP contribution in [-0.2, 0) is 0 Å². The van der Waals surface area contributed by atoms with Crippen molar-refractivity contribution in [1.82, 2.24) is 0 Å². The van der Waals surface area contributed by atoms with Crippen LogP contribution in [0.25, 0.3) is 54.9 Å². The second-order valence-electron chi connectivity index (χ2n) is 17.5. The molecule has 2 aliphatic carbocycles. The lowest BCUT2D eigenvalue weighted by molar-refractivity contribution is 0.838. The maximum Gasteiger partial charge on any atom is 0.146 e. The summed E-state index contributed by atoms with van der Waals surface area (Å²) in [6.45, 7) is 29.0. The van der Waals surface area contributed by atoms with Crippen molar-refractivity contribution < 1.29 is 0 Å². The predicted octanol–water partition coefficient (Wildman–Crippen LogP) is 12.8. The van der Waals surface area contributed by atoms with E-state index in [4.69, 9.17) is 0 Å². The molecule has 0 aromatic heterocycles. The second kappa shape index (κ2) is 13.4. The smallest absolute Gasteiger partial charge is 0.125 e. The molecule has 0 bridgehead atoms. The van der Waals surface area contributed by atoms with Gasteiger partial charge in [0.1, 0.15) is 16.1 Å². The van der Waals surface area contributed by atoms with E-state index >= 15 is 0 Å². The Hall–Kier alpha value is -4.09. The summed E-state index contributed by atoms with van der Waals surface area (Å²) in [4.78, 5) is 0. The van der Waals surface area contributed by atoms with E-state index in [-0.39, 0.29) is 0 Å². The first kappa shape index (κ1) is 36.3. The minimum absolute atomic E-state index is 0.576. The fourth-order valence-corrected chi connectivity index (χ4v) is 21.0. The molecule has 2 aliphatic rings. The lowest BCUT2D eigenvalue weighted by atomic mass is 9.97. The fourth-order valence-electron chi connectivity index (χ4n) is 10.6. The molecule has 2 heteroatoms. The molecule has 0 spiro atoms.